The van der Waals surface area contributed by atoms with E-state index in [0.717, 1.165) is 24.1 Å². The second-order valence-corrected chi connectivity index (χ2v) is 5.78. The first-order valence-electron chi connectivity index (χ1n) is 7.04. The molecule has 2 unspecified atom stereocenters. The first kappa shape index (κ1) is 14.8. The maximum Gasteiger partial charge on any atom is 0.274 e. The molecule has 0 radical (unpaired) electrons. The van der Waals surface area contributed by atoms with Crippen molar-refractivity contribution in [1.29, 1.82) is 0 Å². The number of benzene rings is 1. The number of nitro benzene ring substituents is 1. The number of nitrogens with one attached hydrogen (secondary N) is 1. The van der Waals surface area contributed by atoms with Crippen molar-refractivity contribution < 1.29 is 9.66 Å². The van der Waals surface area contributed by atoms with Crippen molar-refractivity contribution in [3.8, 4) is 0 Å². The SMILES string of the molecule is Cc1cc(C)c([N+](=O)[O-])cc1NC1CC(C)OC(C)C1. The summed E-state index contributed by atoms with van der Waals surface area (Å²) in [5.41, 5.74) is 2.77. The van der Waals surface area contributed by atoms with Gasteiger partial charge in [0.25, 0.3) is 5.69 Å². The molecule has 1 saturated heterocycles. The van der Waals surface area contributed by atoms with Crippen molar-refractivity contribution in [3.63, 3.8) is 0 Å². The van der Waals surface area contributed by atoms with Crippen LogP contribution in [0.15, 0.2) is 12.1 Å². The molecule has 0 amide bonds. The van der Waals surface area contributed by atoms with Crippen LogP contribution < -0.4 is 5.32 Å². The first-order valence-corrected chi connectivity index (χ1v) is 7.04. The maximum atomic E-state index is 11.0. The lowest BCUT2D eigenvalue weighted by molar-refractivity contribution is -0.385. The third kappa shape index (κ3) is 3.28. The Labute approximate surface area is 119 Å². The molecule has 1 aliphatic heterocycles. The highest BCUT2D eigenvalue weighted by Gasteiger charge is 2.25. The lowest BCUT2D eigenvalue weighted by Crippen LogP contribution is -2.37. The summed E-state index contributed by atoms with van der Waals surface area (Å²) < 4.78 is 5.72. The molecule has 1 aromatic carbocycles. The predicted molar refractivity (Wildman–Crippen MR) is 79.2 cm³/mol. The van der Waals surface area contributed by atoms with Gasteiger partial charge in [-0.2, -0.15) is 0 Å². The lowest BCUT2D eigenvalue weighted by atomic mass is 9.98. The molecule has 1 N–H and O–H groups in total. The molecule has 0 aromatic heterocycles. The molecule has 1 fully saturated rings. The molecule has 2 atom stereocenters. The van der Waals surface area contributed by atoms with Crippen molar-refractivity contribution in [3.05, 3.63) is 33.4 Å². The average Bonchev–Trinajstić information content (AvgIpc) is 2.30. The minimum absolute atomic E-state index is 0.172. The van der Waals surface area contributed by atoms with E-state index in [9.17, 15) is 10.1 Å². The minimum Gasteiger partial charge on any atom is -0.382 e. The predicted octanol–water partition coefficient (Wildman–Crippen LogP) is 3.58. The van der Waals surface area contributed by atoms with Gasteiger partial charge in [-0.3, -0.25) is 10.1 Å². The zero-order valence-electron chi connectivity index (χ0n) is 12.5. The second kappa shape index (κ2) is 5.79. The molecule has 1 aliphatic rings. The van der Waals surface area contributed by atoms with E-state index in [1.54, 1.807) is 13.0 Å². The molecule has 1 aromatic rings. The number of aryl methyl sites for hydroxylation is 2. The molecule has 0 aliphatic carbocycles. The maximum absolute atomic E-state index is 11.0. The van der Waals surface area contributed by atoms with Gasteiger partial charge in [-0.1, -0.05) is 0 Å². The Balaban J connectivity index is 2.20. The fourth-order valence-corrected chi connectivity index (χ4v) is 2.94. The largest absolute Gasteiger partial charge is 0.382 e. The molecule has 0 saturated carbocycles. The summed E-state index contributed by atoms with van der Waals surface area (Å²) in [5.74, 6) is 0. The van der Waals surface area contributed by atoms with Gasteiger partial charge >= 0.3 is 0 Å². The molecule has 5 nitrogen and oxygen atoms in total. The van der Waals surface area contributed by atoms with Crippen molar-refractivity contribution in [1.82, 2.24) is 0 Å². The summed E-state index contributed by atoms with van der Waals surface area (Å²) in [4.78, 5) is 10.7. The number of ether oxygens (including phenoxy) is 1. The lowest BCUT2D eigenvalue weighted by Gasteiger charge is -2.33. The van der Waals surface area contributed by atoms with Crippen LogP contribution in [-0.2, 0) is 4.74 Å². The van der Waals surface area contributed by atoms with Gasteiger partial charge in [0.05, 0.1) is 17.1 Å². The van der Waals surface area contributed by atoms with Crippen LogP contribution >= 0.6 is 0 Å². The van der Waals surface area contributed by atoms with Crippen LogP contribution in [0.1, 0.15) is 37.8 Å². The van der Waals surface area contributed by atoms with E-state index in [0.29, 0.717) is 11.6 Å². The summed E-state index contributed by atoms with van der Waals surface area (Å²) in [5, 5.41) is 14.5. The number of nitro groups is 1. The number of hydrogen-bond donors (Lipinski definition) is 1. The van der Waals surface area contributed by atoms with Gasteiger partial charge in [0.15, 0.2) is 0 Å². The van der Waals surface area contributed by atoms with E-state index in [1.165, 1.54) is 0 Å². The Kier molecular flexibility index (Phi) is 4.28. The molecule has 5 heteroatoms. The van der Waals surface area contributed by atoms with Crippen molar-refractivity contribution >= 4 is 11.4 Å². The van der Waals surface area contributed by atoms with E-state index in [-0.39, 0.29) is 22.8 Å². The molecule has 110 valence electrons. The third-order valence-electron chi connectivity index (χ3n) is 3.80. The van der Waals surface area contributed by atoms with Gasteiger partial charge in [-0.25, -0.2) is 0 Å². The van der Waals surface area contributed by atoms with Crippen LogP contribution in [0, 0.1) is 24.0 Å². The smallest absolute Gasteiger partial charge is 0.274 e. The van der Waals surface area contributed by atoms with Crippen LogP contribution in [0.2, 0.25) is 0 Å². The van der Waals surface area contributed by atoms with Gasteiger partial charge in [0.1, 0.15) is 0 Å². The monoisotopic (exact) mass is 278 g/mol. The third-order valence-corrected chi connectivity index (χ3v) is 3.80. The number of nitrogens with zero attached hydrogens (tertiary/aromatic N) is 1. The molecule has 0 spiro atoms. The quantitative estimate of drug-likeness (QED) is 0.678. The second-order valence-electron chi connectivity index (χ2n) is 5.78. The van der Waals surface area contributed by atoms with Crippen LogP contribution in [0.4, 0.5) is 11.4 Å². The van der Waals surface area contributed by atoms with E-state index in [1.807, 2.05) is 13.0 Å². The highest BCUT2D eigenvalue weighted by molar-refractivity contribution is 5.60. The van der Waals surface area contributed by atoms with Crippen LogP contribution in [0.5, 0.6) is 0 Å². The Morgan fingerprint density at radius 1 is 1.20 bits per heavy atom. The normalized spacial score (nSPS) is 26.3. The van der Waals surface area contributed by atoms with Gasteiger partial charge in [0.2, 0.25) is 0 Å². The van der Waals surface area contributed by atoms with E-state index >= 15 is 0 Å². The number of anilines is 1. The van der Waals surface area contributed by atoms with Crippen molar-refractivity contribution in [2.45, 2.75) is 58.8 Å². The molecule has 0 bridgehead atoms. The van der Waals surface area contributed by atoms with Gasteiger partial charge in [0, 0.05) is 23.4 Å². The summed E-state index contributed by atoms with van der Waals surface area (Å²) in [6.07, 6.45) is 2.28. The highest BCUT2D eigenvalue weighted by atomic mass is 16.6. The van der Waals surface area contributed by atoms with Gasteiger partial charge < -0.3 is 10.1 Å². The van der Waals surface area contributed by atoms with E-state index < -0.39 is 0 Å². The molecular weight excluding hydrogens is 256 g/mol. The Morgan fingerprint density at radius 3 is 2.35 bits per heavy atom. The Bertz CT molecular complexity index is 506. The molecule has 1 heterocycles. The van der Waals surface area contributed by atoms with E-state index in [4.69, 9.17) is 4.74 Å². The summed E-state index contributed by atoms with van der Waals surface area (Å²) in [6, 6.07) is 3.82. The van der Waals surface area contributed by atoms with Crippen molar-refractivity contribution in [2.75, 3.05) is 5.32 Å². The molecular formula is C15H22N2O3. The van der Waals surface area contributed by atoms with Crippen LogP contribution in [0.25, 0.3) is 0 Å². The van der Waals surface area contributed by atoms with Crippen LogP contribution in [0.3, 0.4) is 0 Å². The summed E-state index contributed by atoms with van der Waals surface area (Å²) >= 11 is 0. The molecule has 2 rings (SSSR count). The zero-order chi connectivity index (χ0) is 14.9. The first-order chi connectivity index (χ1) is 9.36. The van der Waals surface area contributed by atoms with Gasteiger partial charge in [-0.05, 0) is 52.2 Å². The average molecular weight is 278 g/mol. The fraction of sp³-hybridized carbons (Fsp3) is 0.600. The van der Waals surface area contributed by atoms with Crippen LogP contribution in [-0.4, -0.2) is 23.2 Å². The fourth-order valence-electron chi connectivity index (χ4n) is 2.94. The standard InChI is InChI=1S/C15H22N2O3/c1-9-5-10(2)15(17(18)19)8-14(9)16-13-6-11(3)20-12(4)7-13/h5,8,11-13,16H,6-7H2,1-4H3. The highest BCUT2D eigenvalue weighted by Crippen LogP contribution is 2.29. The minimum atomic E-state index is -0.324. The molecule has 20 heavy (non-hydrogen) atoms. The zero-order valence-corrected chi connectivity index (χ0v) is 12.5. The summed E-state index contributed by atoms with van der Waals surface area (Å²) in [7, 11) is 0. The Hall–Kier alpha value is -1.62. The Morgan fingerprint density at radius 2 is 1.80 bits per heavy atom. The van der Waals surface area contributed by atoms with E-state index in [2.05, 4.69) is 19.2 Å². The van der Waals surface area contributed by atoms with Crippen molar-refractivity contribution in [2.24, 2.45) is 0 Å². The number of rotatable bonds is 3. The van der Waals surface area contributed by atoms with Gasteiger partial charge in [-0.15, -0.1) is 0 Å². The summed E-state index contributed by atoms with van der Waals surface area (Å²) in [6.45, 7) is 7.88. The topological polar surface area (TPSA) is 64.4 Å². The number of hydrogen-bond acceptors (Lipinski definition) is 4.